The summed E-state index contributed by atoms with van der Waals surface area (Å²) in [6, 6.07) is 10.8. The number of nitrogens with zero attached hydrogens (tertiary/aromatic N) is 2. The van der Waals surface area contributed by atoms with Gasteiger partial charge in [-0.3, -0.25) is 29.3 Å². The van der Waals surface area contributed by atoms with Crippen LogP contribution in [0, 0.1) is 16.0 Å². The SMILES string of the molecule is CCOc1ccc(C(=O)NCCCC[C@H](NC(=O)C2CCN(C)CC2)C(=O)N[C@@H](CC(=O)NCCCCCCO)c2ccccc2[N+](=O)[O-])cc1. The van der Waals surface area contributed by atoms with Crippen LogP contribution in [0.1, 0.15) is 93.1 Å². The first-order chi connectivity index (χ1) is 24.6. The van der Waals surface area contributed by atoms with Gasteiger partial charge in [0, 0.05) is 37.2 Å². The number of nitro groups is 1. The van der Waals surface area contributed by atoms with Crippen molar-refractivity contribution in [2.24, 2.45) is 5.92 Å². The van der Waals surface area contributed by atoms with Gasteiger partial charge in [-0.25, -0.2) is 0 Å². The van der Waals surface area contributed by atoms with Gasteiger partial charge in [0.2, 0.25) is 17.7 Å². The number of unbranched alkanes of at least 4 members (excludes halogenated alkanes) is 4. The lowest BCUT2D eigenvalue weighted by Crippen LogP contribution is -2.50. The van der Waals surface area contributed by atoms with Gasteiger partial charge in [-0.05, 0) is 96.3 Å². The lowest BCUT2D eigenvalue weighted by atomic mass is 9.95. The van der Waals surface area contributed by atoms with E-state index in [1.807, 2.05) is 14.0 Å². The largest absolute Gasteiger partial charge is 0.494 e. The van der Waals surface area contributed by atoms with Crippen LogP contribution in [-0.4, -0.2) is 91.0 Å². The van der Waals surface area contributed by atoms with Crippen molar-refractivity contribution in [3.63, 3.8) is 0 Å². The minimum atomic E-state index is -1.02. The Bertz CT molecular complexity index is 1410. The fraction of sp³-hybridized carbons (Fsp3) is 0.568. The summed E-state index contributed by atoms with van der Waals surface area (Å²) in [6.07, 6.45) is 5.42. The Morgan fingerprint density at radius 1 is 0.922 bits per heavy atom. The summed E-state index contributed by atoms with van der Waals surface area (Å²) in [5, 5.41) is 32.4. The zero-order chi connectivity index (χ0) is 37.0. The number of para-hydroxylation sites is 1. The minimum absolute atomic E-state index is 0.115. The van der Waals surface area contributed by atoms with Crippen LogP contribution < -0.4 is 26.0 Å². The molecule has 0 aromatic heterocycles. The smallest absolute Gasteiger partial charge is 0.274 e. The van der Waals surface area contributed by atoms with Crippen molar-refractivity contribution in [1.82, 2.24) is 26.2 Å². The highest BCUT2D eigenvalue weighted by molar-refractivity contribution is 5.94. The van der Waals surface area contributed by atoms with Gasteiger partial charge in [-0.1, -0.05) is 31.0 Å². The molecule has 1 aliphatic rings. The van der Waals surface area contributed by atoms with E-state index in [1.54, 1.807) is 30.3 Å². The van der Waals surface area contributed by atoms with Gasteiger partial charge >= 0.3 is 0 Å². The molecule has 2 aromatic rings. The minimum Gasteiger partial charge on any atom is -0.494 e. The molecular formula is C37H54N6O8. The molecule has 2 atom stereocenters. The summed E-state index contributed by atoms with van der Waals surface area (Å²) >= 11 is 0. The number of hydrogen-bond acceptors (Lipinski definition) is 9. The molecule has 2 aromatic carbocycles. The second-order valence-electron chi connectivity index (χ2n) is 12.9. The molecule has 5 N–H and O–H groups in total. The summed E-state index contributed by atoms with van der Waals surface area (Å²) in [4.78, 5) is 66.5. The van der Waals surface area contributed by atoms with Crippen molar-refractivity contribution in [3.8, 4) is 5.75 Å². The lowest BCUT2D eigenvalue weighted by molar-refractivity contribution is -0.385. The van der Waals surface area contributed by atoms with Crippen LogP contribution in [0.2, 0.25) is 0 Å². The molecule has 0 saturated carbocycles. The molecule has 0 bridgehead atoms. The van der Waals surface area contributed by atoms with E-state index in [0.29, 0.717) is 69.5 Å². The number of ether oxygens (including phenoxy) is 1. The zero-order valence-electron chi connectivity index (χ0n) is 29.9. The highest BCUT2D eigenvalue weighted by Gasteiger charge is 2.31. The molecule has 1 saturated heterocycles. The van der Waals surface area contributed by atoms with Crippen LogP contribution in [0.3, 0.4) is 0 Å². The lowest BCUT2D eigenvalue weighted by Gasteiger charge is -2.30. The average Bonchev–Trinajstić information content (AvgIpc) is 3.12. The molecule has 1 fully saturated rings. The van der Waals surface area contributed by atoms with E-state index >= 15 is 0 Å². The molecule has 3 rings (SSSR count). The second-order valence-corrected chi connectivity index (χ2v) is 12.9. The number of benzene rings is 2. The molecule has 0 spiro atoms. The quantitative estimate of drug-likeness (QED) is 0.0690. The number of likely N-dealkylation sites (tertiary alicyclic amines) is 1. The summed E-state index contributed by atoms with van der Waals surface area (Å²) < 4.78 is 5.43. The van der Waals surface area contributed by atoms with E-state index < -0.39 is 22.9 Å². The van der Waals surface area contributed by atoms with Crippen LogP contribution in [0.4, 0.5) is 5.69 Å². The van der Waals surface area contributed by atoms with E-state index in [2.05, 4.69) is 26.2 Å². The maximum atomic E-state index is 13.9. The van der Waals surface area contributed by atoms with Crippen molar-refractivity contribution >= 4 is 29.3 Å². The van der Waals surface area contributed by atoms with Crippen LogP contribution in [0.15, 0.2) is 48.5 Å². The molecule has 280 valence electrons. The predicted molar refractivity (Wildman–Crippen MR) is 193 cm³/mol. The number of aliphatic hydroxyl groups is 1. The standard InChI is InChI=1S/C37H54N6O8/c1-3-51-29-17-15-27(16-18-29)35(46)39-22-10-8-13-31(40-36(47)28-19-23-42(2)24-20-28)37(48)41-32(30-12-6-7-14-33(30)43(49)50)26-34(45)38-21-9-4-5-11-25-44/h6-7,12,14-18,28,31-32,44H,3-5,8-11,13,19-26H2,1-2H3,(H,38,45)(H,39,46)(H,40,47)(H,41,48)/t31-,32-/m0/s1. The molecule has 14 nitrogen and oxygen atoms in total. The average molecular weight is 711 g/mol. The van der Waals surface area contributed by atoms with Crippen LogP contribution in [0.5, 0.6) is 5.75 Å². The highest BCUT2D eigenvalue weighted by atomic mass is 16.6. The molecule has 14 heteroatoms. The Morgan fingerprint density at radius 2 is 1.59 bits per heavy atom. The number of carbonyl (C=O) groups is 4. The monoisotopic (exact) mass is 710 g/mol. The maximum absolute atomic E-state index is 13.9. The molecule has 0 radical (unpaired) electrons. The van der Waals surface area contributed by atoms with E-state index in [4.69, 9.17) is 9.84 Å². The van der Waals surface area contributed by atoms with Crippen LogP contribution in [-0.2, 0) is 14.4 Å². The number of carbonyl (C=O) groups excluding carboxylic acids is 4. The first kappa shape index (κ1) is 40.9. The molecule has 0 aliphatic carbocycles. The van der Waals surface area contributed by atoms with E-state index in [-0.39, 0.29) is 54.3 Å². The fourth-order valence-corrected chi connectivity index (χ4v) is 6.01. The van der Waals surface area contributed by atoms with E-state index in [0.717, 1.165) is 25.9 Å². The molecule has 51 heavy (non-hydrogen) atoms. The molecule has 1 heterocycles. The van der Waals surface area contributed by atoms with Gasteiger partial charge in [0.05, 0.1) is 29.6 Å². The first-order valence-corrected chi connectivity index (χ1v) is 18.0. The van der Waals surface area contributed by atoms with Gasteiger partial charge < -0.3 is 36.0 Å². The van der Waals surface area contributed by atoms with Gasteiger partial charge in [0.15, 0.2) is 0 Å². The molecule has 0 unspecified atom stereocenters. The van der Waals surface area contributed by atoms with Gasteiger partial charge in [-0.15, -0.1) is 0 Å². The number of hydrogen-bond donors (Lipinski definition) is 5. The number of rotatable bonds is 22. The third-order valence-corrected chi connectivity index (χ3v) is 8.98. The Hall–Kier alpha value is -4.56. The summed E-state index contributed by atoms with van der Waals surface area (Å²) in [6.45, 7) is 4.80. The topological polar surface area (TPSA) is 192 Å². The second kappa shape index (κ2) is 22.3. The van der Waals surface area contributed by atoms with Gasteiger partial charge in [-0.2, -0.15) is 0 Å². The van der Waals surface area contributed by atoms with Crippen LogP contribution in [0.25, 0.3) is 0 Å². The Labute approximate surface area is 300 Å². The van der Waals surface area contributed by atoms with Crippen molar-refractivity contribution in [2.75, 3.05) is 46.4 Å². The number of piperidine rings is 1. The van der Waals surface area contributed by atoms with E-state index in [1.165, 1.54) is 18.2 Å². The third-order valence-electron chi connectivity index (χ3n) is 8.98. The summed E-state index contributed by atoms with van der Waals surface area (Å²) in [7, 11) is 2.00. The summed E-state index contributed by atoms with van der Waals surface area (Å²) in [5.41, 5.74) is 0.453. The van der Waals surface area contributed by atoms with Crippen LogP contribution >= 0.6 is 0 Å². The normalized spacial score (nSPS) is 14.6. The molecule has 1 aliphatic heterocycles. The number of nitrogens with one attached hydrogen (secondary N) is 4. The van der Waals surface area contributed by atoms with Crippen molar-refractivity contribution in [1.29, 1.82) is 0 Å². The highest BCUT2D eigenvalue weighted by Crippen LogP contribution is 2.27. The van der Waals surface area contributed by atoms with Crippen molar-refractivity contribution in [3.05, 3.63) is 69.8 Å². The Balaban J connectivity index is 1.69. The zero-order valence-corrected chi connectivity index (χ0v) is 29.9. The predicted octanol–water partition coefficient (Wildman–Crippen LogP) is 3.64. The first-order valence-electron chi connectivity index (χ1n) is 18.0. The number of aliphatic hydroxyl groups excluding tert-OH is 1. The van der Waals surface area contributed by atoms with E-state index in [9.17, 15) is 29.3 Å². The maximum Gasteiger partial charge on any atom is 0.274 e. The number of nitro benzene ring substituents is 1. The van der Waals surface area contributed by atoms with Crippen molar-refractivity contribution in [2.45, 2.75) is 83.2 Å². The molecular weight excluding hydrogens is 656 g/mol. The van der Waals surface area contributed by atoms with Gasteiger partial charge in [0.1, 0.15) is 11.8 Å². The Morgan fingerprint density at radius 3 is 2.27 bits per heavy atom. The third kappa shape index (κ3) is 14.3. The molecule has 4 amide bonds. The summed E-state index contributed by atoms with van der Waals surface area (Å²) in [5.74, 6) is -0.966. The number of amides is 4. The Kier molecular flexibility index (Phi) is 17.9. The fourth-order valence-electron chi connectivity index (χ4n) is 6.01. The van der Waals surface area contributed by atoms with Gasteiger partial charge in [0.25, 0.3) is 11.6 Å². The van der Waals surface area contributed by atoms with Crippen molar-refractivity contribution < 1.29 is 33.9 Å².